The maximum absolute atomic E-state index is 6.29. The van der Waals surface area contributed by atoms with Gasteiger partial charge in [0, 0.05) is 56.3 Å². The van der Waals surface area contributed by atoms with E-state index in [0.29, 0.717) is 0 Å². The predicted molar refractivity (Wildman–Crippen MR) is 246 cm³/mol. The Morgan fingerprint density at radius 3 is 2.07 bits per heavy atom. The molecule has 2 aliphatic heterocycles. The number of hydrogen-bond acceptors (Lipinski definition) is 4. The molecule has 0 fully saturated rings. The Morgan fingerprint density at radius 1 is 0.586 bits per heavy atom. The lowest BCUT2D eigenvalue weighted by molar-refractivity contribution is 0.590. The molecule has 0 N–H and O–H groups in total. The van der Waals surface area contributed by atoms with Gasteiger partial charge in [-0.3, -0.25) is 0 Å². The molecule has 0 bridgehead atoms. The van der Waals surface area contributed by atoms with E-state index in [2.05, 4.69) is 218 Å². The highest BCUT2D eigenvalue weighted by Gasteiger charge is 2.55. The number of benzene rings is 7. The van der Waals surface area contributed by atoms with E-state index in [4.69, 9.17) is 4.42 Å². The summed E-state index contributed by atoms with van der Waals surface area (Å²) >= 11 is 0. The van der Waals surface area contributed by atoms with Gasteiger partial charge in [0.15, 0.2) is 0 Å². The molecular weight excluding hydrogens is 705 g/mol. The first-order valence-corrected chi connectivity index (χ1v) is 20.4. The van der Waals surface area contributed by atoms with Gasteiger partial charge in [0.25, 0.3) is 0 Å². The minimum absolute atomic E-state index is 0.0424. The SMILES string of the molecule is CC(C)(C)c1ccc(N2c3cc(N(c4ccccc4)c4ccc5oc6ccccc6c5c4)ccc3B3c4c2cccc4N(c2ccccc2)C2C=CC=CC32C)cc1. The Balaban J connectivity index is 1.16. The van der Waals surface area contributed by atoms with Crippen LogP contribution in [0.3, 0.4) is 0 Å². The molecule has 0 spiro atoms. The quantitative estimate of drug-likeness (QED) is 0.163. The maximum atomic E-state index is 6.29. The second-order valence-corrected chi connectivity index (χ2v) is 17.2. The Hall–Kier alpha value is -6.72. The molecule has 8 aromatic rings. The molecule has 280 valence electrons. The molecule has 7 aromatic carbocycles. The van der Waals surface area contributed by atoms with Gasteiger partial charge in [0.05, 0.1) is 6.04 Å². The first-order chi connectivity index (χ1) is 28.3. The van der Waals surface area contributed by atoms with E-state index in [1.54, 1.807) is 0 Å². The van der Waals surface area contributed by atoms with Gasteiger partial charge in [-0.25, -0.2) is 0 Å². The molecule has 2 unspecified atom stereocenters. The number of furan rings is 1. The third kappa shape index (κ3) is 5.23. The van der Waals surface area contributed by atoms with Crippen LogP contribution in [0.2, 0.25) is 5.31 Å². The minimum Gasteiger partial charge on any atom is -0.456 e. The van der Waals surface area contributed by atoms with Crippen LogP contribution in [-0.2, 0) is 5.41 Å². The Kier molecular flexibility index (Phi) is 7.68. The topological polar surface area (TPSA) is 22.9 Å². The lowest BCUT2D eigenvalue weighted by Crippen LogP contribution is -2.65. The summed E-state index contributed by atoms with van der Waals surface area (Å²) in [5.41, 5.74) is 15.1. The van der Waals surface area contributed by atoms with Crippen LogP contribution in [0.1, 0.15) is 33.3 Å². The van der Waals surface area contributed by atoms with Crippen molar-refractivity contribution in [3.05, 3.63) is 194 Å². The molecule has 1 aliphatic carbocycles. The van der Waals surface area contributed by atoms with Gasteiger partial charge in [0.1, 0.15) is 11.2 Å². The van der Waals surface area contributed by atoms with Crippen molar-refractivity contribution < 1.29 is 4.42 Å². The highest BCUT2D eigenvalue weighted by Crippen LogP contribution is 2.54. The van der Waals surface area contributed by atoms with Crippen LogP contribution in [-0.4, -0.2) is 12.8 Å². The van der Waals surface area contributed by atoms with Crippen LogP contribution in [0.25, 0.3) is 21.9 Å². The summed E-state index contributed by atoms with van der Waals surface area (Å²) < 4.78 is 6.29. The van der Waals surface area contributed by atoms with E-state index in [-0.39, 0.29) is 23.5 Å². The highest BCUT2D eigenvalue weighted by molar-refractivity contribution is 6.92. The molecule has 58 heavy (non-hydrogen) atoms. The first-order valence-electron chi connectivity index (χ1n) is 20.4. The maximum Gasteiger partial charge on any atom is 0.229 e. The molecule has 1 aromatic heterocycles. The molecule has 4 nitrogen and oxygen atoms in total. The van der Waals surface area contributed by atoms with Crippen LogP contribution in [0.15, 0.2) is 193 Å². The van der Waals surface area contributed by atoms with Crippen molar-refractivity contribution in [3.8, 4) is 0 Å². The van der Waals surface area contributed by atoms with E-state index in [9.17, 15) is 0 Å². The van der Waals surface area contributed by atoms with E-state index in [1.807, 2.05) is 12.1 Å². The second kappa shape index (κ2) is 12.9. The number of allylic oxidation sites excluding steroid dienone is 2. The molecule has 3 aliphatic rings. The van der Waals surface area contributed by atoms with Gasteiger partial charge < -0.3 is 19.1 Å². The summed E-state index contributed by atoms with van der Waals surface area (Å²) in [6, 6.07) is 60.0. The standard InChI is InChI=1S/C53H44BN3O/c1-52(2,3)36-25-27-39(28-26-36)56-45-21-15-22-46-51(45)54(53(4)33-14-13-24-50(53)57(46)38-18-9-6-10-19-38)44-31-29-41(35-47(44)56)55(37-16-7-5-8-17-37)40-30-32-49-43(34-40)42-20-11-12-23-48(42)58-49/h5-35,50H,1-4H3. The zero-order valence-corrected chi connectivity index (χ0v) is 33.3. The average molecular weight is 750 g/mol. The second-order valence-electron chi connectivity index (χ2n) is 17.2. The molecule has 0 saturated heterocycles. The number of fused-ring (bicyclic) bond motifs is 7. The predicted octanol–water partition coefficient (Wildman–Crippen LogP) is 13.2. The molecule has 0 amide bonds. The van der Waals surface area contributed by atoms with E-state index in [1.165, 1.54) is 39.2 Å². The molecule has 11 rings (SSSR count). The molecule has 2 atom stereocenters. The summed E-state index contributed by atoms with van der Waals surface area (Å²) in [4.78, 5) is 7.48. The van der Waals surface area contributed by atoms with Crippen molar-refractivity contribution in [2.45, 2.75) is 44.5 Å². The van der Waals surface area contributed by atoms with Crippen molar-refractivity contribution in [1.82, 2.24) is 0 Å². The lowest BCUT2D eigenvalue weighted by Gasteiger charge is -2.55. The largest absolute Gasteiger partial charge is 0.456 e. The Labute approximate surface area is 341 Å². The first kappa shape index (κ1) is 34.5. The molecular formula is C53H44BN3O. The van der Waals surface area contributed by atoms with Crippen molar-refractivity contribution in [1.29, 1.82) is 0 Å². The highest BCUT2D eigenvalue weighted by atomic mass is 16.3. The molecule has 3 heterocycles. The monoisotopic (exact) mass is 749 g/mol. The normalized spacial score (nSPS) is 18.0. The van der Waals surface area contributed by atoms with Gasteiger partial charge >= 0.3 is 0 Å². The van der Waals surface area contributed by atoms with Gasteiger partial charge in [-0.05, 0) is 112 Å². The van der Waals surface area contributed by atoms with Crippen molar-refractivity contribution >= 4 is 85.1 Å². The van der Waals surface area contributed by atoms with Gasteiger partial charge in [0.2, 0.25) is 6.71 Å². The average Bonchev–Trinajstić information content (AvgIpc) is 3.62. The van der Waals surface area contributed by atoms with E-state index >= 15 is 0 Å². The van der Waals surface area contributed by atoms with Gasteiger partial charge in [-0.1, -0.05) is 131 Å². The van der Waals surface area contributed by atoms with E-state index < -0.39 is 0 Å². The summed E-state index contributed by atoms with van der Waals surface area (Å²) in [5.74, 6) is 0. The fourth-order valence-electron chi connectivity index (χ4n) is 9.96. The van der Waals surface area contributed by atoms with Crippen LogP contribution in [0, 0.1) is 0 Å². The third-order valence-corrected chi connectivity index (χ3v) is 12.7. The lowest BCUT2D eigenvalue weighted by atomic mass is 9.23. The van der Waals surface area contributed by atoms with Gasteiger partial charge in [-0.2, -0.15) is 0 Å². The summed E-state index contributed by atoms with van der Waals surface area (Å²) in [5, 5.41) is 1.99. The van der Waals surface area contributed by atoms with Crippen molar-refractivity contribution in [2.75, 3.05) is 14.7 Å². The molecule has 0 saturated carbocycles. The molecule has 0 radical (unpaired) electrons. The van der Waals surface area contributed by atoms with Gasteiger partial charge in [-0.15, -0.1) is 0 Å². The Bertz CT molecular complexity index is 2930. The van der Waals surface area contributed by atoms with Crippen LogP contribution in [0.5, 0.6) is 0 Å². The zero-order valence-electron chi connectivity index (χ0n) is 33.3. The van der Waals surface area contributed by atoms with E-state index in [0.717, 1.165) is 44.7 Å². The Morgan fingerprint density at radius 2 is 1.28 bits per heavy atom. The van der Waals surface area contributed by atoms with Crippen molar-refractivity contribution in [2.24, 2.45) is 0 Å². The summed E-state index contributed by atoms with van der Waals surface area (Å²) in [6.07, 6.45) is 9.35. The van der Waals surface area contributed by atoms with Crippen LogP contribution in [0.4, 0.5) is 45.5 Å². The zero-order chi connectivity index (χ0) is 39.2. The van der Waals surface area contributed by atoms with Crippen LogP contribution < -0.4 is 25.6 Å². The summed E-state index contributed by atoms with van der Waals surface area (Å²) in [6.45, 7) is 9.42. The number of rotatable bonds is 5. The fourth-order valence-corrected chi connectivity index (χ4v) is 9.96. The molecule has 5 heteroatoms. The number of nitrogens with zero attached hydrogens (tertiary/aromatic N) is 3. The third-order valence-electron chi connectivity index (χ3n) is 12.7. The summed E-state index contributed by atoms with van der Waals surface area (Å²) in [7, 11) is 0. The fraction of sp³-hybridized carbons (Fsp3) is 0.132. The smallest absolute Gasteiger partial charge is 0.229 e. The van der Waals surface area contributed by atoms with Crippen molar-refractivity contribution in [3.63, 3.8) is 0 Å². The number of para-hydroxylation sites is 3. The number of anilines is 8. The van der Waals surface area contributed by atoms with Crippen LogP contribution >= 0.6 is 0 Å². The minimum atomic E-state index is -0.237. The number of hydrogen-bond donors (Lipinski definition) is 0.